The van der Waals surface area contributed by atoms with Crippen molar-refractivity contribution in [2.75, 3.05) is 0 Å². The fraction of sp³-hybridized carbons (Fsp3) is 0.100. The van der Waals surface area contributed by atoms with Gasteiger partial charge in [0.25, 0.3) is 0 Å². The van der Waals surface area contributed by atoms with Crippen LogP contribution in [0.25, 0.3) is 6.08 Å². The quantitative estimate of drug-likeness (QED) is 0.505. The average Bonchev–Trinajstić information content (AvgIpc) is 2.07. The zero-order valence-corrected chi connectivity index (χ0v) is 7.51. The lowest BCUT2D eigenvalue weighted by molar-refractivity contribution is -0.104. The molecule has 0 aromatic heterocycles. The van der Waals surface area contributed by atoms with Crippen LogP contribution in [0, 0.1) is 6.92 Å². The summed E-state index contributed by atoms with van der Waals surface area (Å²) in [5, 5.41) is 0.665. The monoisotopic (exact) mass is 180 g/mol. The SMILES string of the molecule is Cc1ccc(Cl)c(C=CC=O)c1. The largest absolute Gasteiger partial charge is 0.299 e. The Bertz CT molecular complexity index is 316. The highest BCUT2D eigenvalue weighted by Gasteiger charge is 1.94. The summed E-state index contributed by atoms with van der Waals surface area (Å²) in [5.41, 5.74) is 2.01. The van der Waals surface area contributed by atoms with Gasteiger partial charge in [-0.2, -0.15) is 0 Å². The molecule has 1 aromatic carbocycles. The van der Waals surface area contributed by atoms with E-state index in [-0.39, 0.29) is 0 Å². The summed E-state index contributed by atoms with van der Waals surface area (Å²) in [6.45, 7) is 1.98. The second-order valence-corrected chi connectivity index (χ2v) is 2.93. The van der Waals surface area contributed by atoms with Crippen molar-refractivity contribution in [2.45, 2.75) is 6.92 Å². The molecule has 0 atom stereocenters. The molecule has 0 aliphatic rings. The highest BCUT2D eigenvalue weighted by Crippen LogP contribution is 2.18. The topological polar surface area (TPSA) is 17.1 Å². The minimum absolute atomic E-state index is 0.665. The van der Waals surface area contributed by atoms with E-state index in [1.54, 1.807) is 6.08 Å². The van der Waals surface area contributed by atoms with Gasteiger partial charge in [0.05, 0.1) is 0 Å². The van der Waals surface area contributed by atoms with Gasteiger partial charge < -0.3 is 0 Å². The molecule has 0 amide bonds. The first kappa shape index (κ1) is 9.01. The number of aryl methyl sites for hydroxylation is 1. The van der Waals surface area contributed by atoms with Crippen LogP contribution in [0.2, 0.25) is 5.02 Å². The normalized spacial score (nSPS) is 10.5. The lowest BCUT2D eigenvalue weighted by Gasteiger charge is -1.98. The van der Waals surface area contributed by atoms with Gasteiger partial charge in [-0.15, -0.1) is 0 Å². The van der Waals surface area contributed by atoms with Gasteiger partial charge in [-0.3, -0.25) is 4.79 Å². The molecule has 62 valence electrons. The zero-order valence-electron chi connectivity index (χ0n) is 6.75. The molecule has 0 saturated carbocycles. The molecular weight excluding hydrogens is 172 g/mol. The van der Waals surface area contributed by atoms with Gasteiger partial charge in [0.1, 0.15) is 6.29 Å². The van der Waals surface area contributed by atoms with Crippen LogP contribution < -0.4 is 0 Å². The number of hydrogen-bond donors (Lipinski definition) is 0. The molecule has 0 aliphatic heterocycles. The van der Waals surface area contributed by atoms with E-state index >= 15 is 0 Å². The molecule has 0 heterocycles. The smallest absolute Gasteiger partial charge is 0.142 e. The van der Waals surface area contributed by atoms with Crippen molar-refractivity contribution < 1.29 is 4.79 Å². The van der Waals surface area contributed by atoms with E-state index in [4.69, 9.17) is 11.6 Å². The Morgan fingerprint density at radius 3 is 2.83 bits per heavy atom. The molecule has 1 rings (SSSR count). The first-order valence-electron chi connectivity index (χ1n) is 3.62. The molecule has 1 nitrogen and oxygen atoms in total. The first-order valence-corrected chi connectivity index (χ1v) is 4.00. The van der Waals surface area contributed by atoms with E-state index < -0.39 is 0 Å². The molecule has 0 aliphatic carbocycles. The molecule has 2 heteroatoms. The van der Waals surface area contributed by atoms with Crippen LogP contribution in [0.15, 0.2) is 24.3 Å². The molecule has 0 bridgehead atoms. The summed E-state index contributed by atoms with van der Waals surface area (Å²) in [6, 6.07) is 5.68. The van der Waals surface area contributed by atoms with E-state index in [0.29, 0.717) is 5.02 Å². The maximum Gasteiger partial charge on any atom is 0.142 e. The molecule has 0 saturated heterocycles. The van der Waals surface area contributed by atoms with E-state index in [1.807, 2.05) is 25.1 Å². The van der Waals surface area contributed by atoms with Crippen LogP contribution in [0.3, 0.4) is 0 Å². The number of halogens is 1. The van der Waals surface area contributed by atoms with Gasteiger partial charge in [0, 0.05) is 5.02 Å². The number of aldehydes is 1. The van der Waals surface area contributed by atoms with Gasteiger partial charge in [-0.05, 0) is 24.6 Å². The van der Waals surface area contributed by atoms with Crippen LogP contribution in [-0.2, 0) is 4.79 Å². The zero-order chi connectivity index (χ0) is 8.97. The summed E-state index contributed by atoms with van der Waals surface area (Å²) >= 11 is 5.86. The van der Waals surface area contributed by atoms with Crippen LogP contribution >= 0.6 is 11.6 Å². The number of carbonyl (C=O) groups excluding carboxylic acids is 1. The standard InChI is InChI=1S/C10H9ClO/c1-8-4-5-10(11)9(7-8)3-2-6-12/h2-7H,1H3. The van der Waals surface area contributed by atoms with Crippen molar-refractivity contribution in [3.63, 3.8) is 0 Å². The van der Waals surface area contributed by atoms with Gasteiger partial charge >= 0.3 is 0 Å². The number of hydrogen-bond acceptors (Lipinski definition) is 1. The predicted octanol–water partition coefficient (Wildman–Crippen LogP) is 2.86. The number of carbonyl (C=O) groups is 1. The van der Waals surface area contributed by atoms with E-state index in [2.05, 4.69) is 0 Å². The highest BCUT2D eigenvalue weighted by molar-refractivity contribution is 6.32. The second-order valence-electron chi connectivity index (χ2n) is 2.52. The Kier molecular flexibility index (Phi) is 3.06. The van der Waals surface area contributed by atoms with Crippen molar-refractivity contribution in [2.24, 2.45) is 0 Å². The Morgan fingerprint density at radius 2 is 2.17 bits per heavy atom. The van der Waals surface area contributed by atoms with Crippen molar-refractivity contribution in [1.29, 1.82) is 0 Å². The average molecular weight is 181 g/mol. The summed E-state index contributed by atoms with van der Waals surface area (Å²) in [5.74, 6) is 0. The molecule has 0 unspecified atom stereocenters. The third-order valence-corrected chi connectivity index (χ3v) is 1.85. The van der Waals surface area contributed by atoms with Crippen molar-refractivity contribution in [3.8, 4) is 0 Å². The Labute approximate surface area is 76.7 Å². The highest BCUT2D eigenvalue weighted by atomic mass is 35.5. The minimum Gasteiger partial charge on any atom is -0.299 e. The van der Waals surface area contributed by atoms with E-state index in [9.17, 15) is 4.79 Å². The molecule has 0 radical (unpaired) electrons. The van der Waals surface area contributed by atoms with Crippen LogP contribution in [0.4, 0.5) is 0 Å². The summed E-state index contributed by atoms with van der Waals surface area (Å²) < 4.78 is 0. The first-order chi connectivity index (χ1) is 5.74. The Morgan fingerprint density at radius 1 is 1.42 bits per heavy atom. The Hall–Kier alpha value is -1.08. The maximum atomic E-state index is 10.0. The molecule has 0 spiro atoms. The van der Waals surface area contributed by atoms with E-state index in [0.717, 1.165) is 17.4 Å². The third kappa shape index (κ3) is 2.21. The lowest BCUT2D eigenvalue weighted by Crippen LogP contribution is -1.77. The summed E-state index contributed by atoms with van der Waals surface area (Å²) in [4.78, 5) is 10.0. The van der Waals surface area contributed by atoms with Crippen molar-refractivity contribution in [3.05, 3.63) is 40.4 Å². The fourth-order valence-electron chi connectivity index (χ4n) is 0.934. The number of allylic oxidation sites excluding steroid dienone is 1. The van der Waals surface area contributed by atoms with Gasteiger partial charge in [-0.25, -0.2) is 0 Å². The van der Waals surface area contributed by atoms with Gasteiger partial charge in [-0.1, -0.05) is 35.4 Å². The van der Waals surface area contributed by atoms with Crippen LogP contribution in [0.5, 0.6) is 0 Å². The molecule has 0 fully saturated rings. The summed E-state index contributed by atoms with van der Waals surface area (Å²) in [6.07, 6.45) is 3.86. The maximum absolute atomic E-state index is 10.0. The van der Waals surface area contributed by atoms with Crippen molar-refractivity contribution in [1.82, 2.24) is 0 Å². The van der Waals surface area contributed by atoms with Gasteiger partial charge in [0.15, 0.2) is 0 Å². The molecule has 1 aromatic rings. The van der Waals surface area contributed by atoms with Gasteiger partial charge in [0.2, 0.25) is 0 Å². The molecular formula is C10H9ClO. The summed E-state index contributed by atoms with van der Waals surface area (Å²) in [7, 11) is 0. The second kappa shape index (κ2) is 4.07. The predicted molar refractivity (Wildman–Crippen MR) is 51.3 cm³/mol. The van der Waals surface area contributed by atoms with Crippen LogP contribution in [-0.4, -0.2) is 6.29 Å². The minimum atomic E-state index is 0.665. The Balaban J connectivity index is 3.04. The van der Waals surface area contributed by atoms with Crippen molar-refractivity contribution >= 4 is 24.0 Å². The number of benzene rings is 1. The van der Waals surface area contributed by atoms with E-state index in [1.165, 1.54) is 6.08 Å². The number of rotatable bonds is 2. The molecule has 0 N–H and O–H groups in total. The van der Waals surface area contributed by atoms with Crippen LogP contribution in [0.1, 0.15) is 11.1 Å². The lowest BCUT2D eigenvalue weighted by atomic mass is 10.1. The fourth-order valence-corrected chi connectivity index (χ4v) is 1.11. The molecule has 12 heavy (non-hydrogen) atoms. The third-order valence-electron chi connectivity index (χ3n) is 1.51.